The molecule has 0 amide bonds. The van der Waals surface area contributed by atoms with Gasteiger partial charge in [-0.15, -0.1) is 0 Å². The van der Waals surface area contributed by atoms with Crippen LogP contribution in [0, 0.1) is 0 Å². The van der Waals surface area contributed by atoms with E-state index in [2.05, 4.69) is 43.4 Å². The zero-order valence-electron chi connectivity index (χ0n) is 9.77. The second kappa shape index (κ2) is 5.89. The first-order chi connectivity index (χ1) is 7.11. The molecule has 0 aliphatic heterocycles. The van der Waals surface area contributed by atoms with Gasteiger partial charge in [0.1, 0.15) is 0 Å². The highest BCUT2D eigenvalue weighted by Crippen LogP contribution is 2.18. The van der Waals surface area contributed by atoms with Gasteiger partial charge in [0.25, 0.3) is 0 Å². The average molecular weight is 207 g/mol. The molecule has 0 aliphatic rings. The van der Waals surface area contributed by atoms with Crippen LogP contribution in [-0.4, -0.2) is 23.8 Å². The van der Waals surface area contributed by atoms with Crippen LogP contribution in [0.1, 0.15) is 32.3 Å². The van der Waals surface area contributed by atoms with Crippen molar-refractivity contribution in [2.45, 2.75) is 38.8 Å². The average Bonchev–Trinajstić information content (AvgIpc) is 2.26. The summed E-state index contributed by atoms with van der Waals surface area (Å²) in [5.41, 5.74) is 1.34. The van der Waals surface area contributed by atoms with Crippen molar-refractivity contribution in [2.24, 2.45) is 0 Å². The van der Waals surface area contributed by atoms with Crippen LogP contribution >= 0.6 is 0 Å². The minimum Gasteiger partial charge on any atom is -0.392 e. The molecule has 1 aromatic rings. The van der Waals surface area contributed by atoms with E-state index < -0.39 is 0 Å². The molecule has 0 aliphatic carbocycles. The summed E-state index contributed by atoms with van der Waals surface area (Å²) in [4.78, 5) is 0. The van der Waals surface area contributed by atoms with E-state index in [4.69, 9.17) is 0 Å². The maximum Gasteiger partial charge on any atom is 0.0636 e. The van der Waals surface area contributed by atoms with E-state index in [0.717, 1.165) is 0 Å². The van der Waals surface area contributed by atoms with Crippen LogP contribution < -0.4 is 5.32 Å². The van der Waals surface area contributed by atoms with Crippen LogP contribution in [0.2, 0.25) is 0 Å². The van der Waals surface area contributed by atoms with Gasteiger partial charge < -0.3 is 10.4 Å². The molecule has 0 spiro atoms. The van der Waals surface area contributed by atoms with E-state index >= 15 is 0 Å². The Balaban J connectivity index is 2.49. The van der Waals surface area contributed by atoms with Crippen LogP contribution in [0.15, 0.2) is 30.3 Å². The first-order valence-electron chi connectivity index (χ1n) is 5.57. The quantitative estimate of drug-likeness (QED) is 0.775. The Kier molecular flexibility index (Phi) is 4.79. The summed E-state index contributed by atoms with van der Waals surface area (Å²) in [6.07, 6.45) is -0.282. The van der Waals surface area contributed by atoms with Gasteiger partial charge in [0.15, 0.2) is 0 Å². The van der Waals surface area contributed by atoms with Crippen molar-refractivity contribution < 1.29 is 5.11 Å². The lowest BCUT2D eigenvalue weighted by molar-refractivity contribution is 0.185. The first kappa shape index (κ1) is 12.2. The number of nitrogens with one attached hydrogen (secondary N) is 1. The summed E-state index contributed by atoms with van der Waals surface area (Å²) in [5, 5.41) is 12.5. The number of aliphatic hydroxyl groups is 1. The fourth-order valence-electron chi connectivity index (χ4n) is 1.58. The molecule has 0 saturated carbocycles. The SMILES string of the molecule is CC(O)CNC(C)C(C)c1ccccc1. The van der Waals surface area contributed by atoms with Crippen molar-refractivity contribution in [1.29, 1.82) is 0 Å². The molecule has 0 saturated heterocycles. The molecular formula is C13H21NO. The molecule has 0 aromatic heterocycles. The van der Waals surface area contributed by atoms with E-state index in [0.29, 0.717) is 18.5 Å². The molecule has 0 heterocycles. The van der Waals surface area contributed by atoms with Crippen molar-refractivity contribution in [3.8, 4) is 0 Å². The van der Waals surface area contributed by atoms with Gasteiger partial charge in [-0.2, -0.15) is 0 Å². The second-order valence-corrected chi connectivity index (χ2v) is 4.25. The van der Waals surface area contributed by atoms with E-state index in [1.807, 2.05) is 6.07 Å². The van der Waals surface area contributed by atoms with Crippen molar-refractivity contribution >= 4 is 0 Å². The van der Waals surface area contributed by atoms with Crippen molar-refractivity contribution in [1.82, 2.24) is 5.32 Å². The second-order valence-electron chi connectivity index (χ2n) is 4.25. The molecule has 0 bridgehead atoms. The molecular weight excluding hydrogens is 186 g/mol. The van der Waals surface area contributed by atoms with Crippen molar-refractivity contribution in [3.63, 3.8) is 0 Å². The van der Waals surface area contributed by atoms with Crippen molar-refractivity contribution in [2.75, 3.05) is 6.54 Å². The van der Waals surface area contributed by atoms with Crippen LogP contribution in [0.25, 0.3) is 0 Å². The van der Waals surface area contributed by atoms with E-state index in [1.165, 1.54) is 5.56 Å². The summed E-state index contributed by atoms with van der Waals surface area (Å²) in [5.74, 6) is 0.463. The smallest absolute Gasteiger partial charge is 0.0636 e. The highest BCUT2D eigenvalue weighted by Gasteiger charge is 2.13. The summed E-state index contributed by atoms with van der Waals surface area (Å²) < 4.78 is 0. The third-order valence-electron chi connectivity index (χ3n) is 2.81. The van der Waals surface area contributed by atoms with Gasteiger partial charge >= 0.3 is 0 Å². The summed E-state index contributed by atoms with van der Waals surface area (Å²) in [6.45, 7) is 6.81. The summed E-state index contributed by atoms with van der Waals surface area (Å²) in [6, 6.07) is 10.8. The van der Waals surface area contributed by atoms with E-state index in [9.17, 15) is 5.11 Å². The Morgan fingerprint density at radius 3 is 2.27 bits per heavy atom. The van der Waals surface area contributed by atoms with Crippen molar-refractivity contribution in [3.05, 3.63) is 35.9 Å². The molecule has 3 atom stereocenters. The van der Waals surface area contributed by atoms with Gasteiger partial charge in [-0.05, 0) is 25.3 Å². The normalized spacial score (nSPS) is 17.1. The molecule has 2 heteroatoms. The highest BCUT2D eigenvalue weighted by atomic mass is 16.3. The van der Waals surface area contributed by atoms with Crippen LogP contribution in [0.5, 0.6) is 0 Å². The highest BCUT2D eigenvalue weighted by molar-refractivity contribution is 5.20. The first-order valence-corrected chi connectivity index (χ1v) is 5.57. The van der Waals surface area contributed by atoms with Gasteiger partial charge in [-0.25, -0.2) is 0 Å². The molecule has 1 aromatic carbocycles. The zero-order chi connectivity index (χ0) is 11.3. The molecule has 0 fully saturated rings. The molecule has 2 nitrogen and oxygen atoms in total. The lowest BCUT2D eigenvalue weighted by Crippen LogP contribution is -2.35. The molecule has 84 valence electrons. The lowest BCUT2D eigenvalue weighted by Gasteiger charge is -2.22. The Morgan fingerprint density at radius 2 is 1.73 bits per heavy atom. The third-order valence-corrected chi connectivity index (χ3v) is 2.81. The predicted molar refractivity (Wildman–Crippen MR) is 64.0 cm³/mol. The fraction of sp³-hybridized carbons (Fsp3) is 0.538. The summed E-state index contributed by atoms with van der Waals surface area (Å²) in [7, 11) is 0. The number of hydrogen-bond donors (Lipinski definition) is 2. The Bertz CT molecular complexity index is 271. The molecule has 2 N–H and O–H groups in total. The van der Waals surface area contributed by atoms with Gasteiger partial charge in [0.2, 0.25) is 0 Å². The molecule has 15 heavy (non-hydrogen) atoms. The fourth-order valence-corrected chi connectivity index (χ4v) is 1.58. The van der Waals surface area contributed by atoms with E-state index in [-0.39, 0.29) is 6.10 Å². The maximum absolute atomic E-state index is 9.19. The van der Waals surface area contributed by atoms with Crippen LogP contribution in [0.4, 0.5) is 0 Å². The number of benzene rings is 1. The van der Waals surface area contributed by atoms with Crippen LogP contribution in [0.3, 0.4) is 0 Å². The van der Waals surface area contributed by atoms with Gasteiger partial charge in [-0.1, -0.05) is 37.3 Å². The maximum atomic E-state index is 9.19. The minimum atomic E-state index is -0.282. The lowest BCUT2D eigenvalue weighted by atomic mass is 9.94. The molecule has 3 unspecified atom stereocenters. The Hall–Kier alpha value is -0.860. The zero-order valence-corrected chi connectivity index (χ0v) is 9.77. The number of hydrogen-bond acceptors (Lipinski definition) is 2. The standard InChI is InChI=1S/C13H21NO/c1-10(15)9-14-12(3)11(2)13-7-5-4-6-8-13/h4-8,10-12,14-15H,9H2,1-3H3. The Morgan fingerprint density at radius 1 is 1.13 bits per heavy atom. The largest absolute Gasteiger partial charge is 0.392 e. The van der Waals surface area contributed by atoms with Gasteiger partial charge in [0, 0.05) is 12.6 Å². The number of rotatable bonds is 5. The Labute approximate surface area is 92.3 Å². The van der Waals surface area contributed by atoms with E-state index in [1.54, 1.807) is 6.92 Å². The molecule has 1 rings (SSSR count). The third kappa shape index (κ3) is 4.02. The summed E-state index contributed by atoms with van der Waals surface area (Å²) >= 11 is 0. The predicted octanol–water partition coefficient (Wildman–Crippen LogP) is 2.15. The minimum absolute atomic E-state index is 0.282. The van der Waals surface area contributed by atoms with Gasteiger partial charge in [-0.3, -0.25) is 0 Å². The number of aliphatic hydroxyl groups excluding tert-OH is 1. The van der Waals surface area contributed by atoms with Crippen LogP contribution in [-0.2, 0) is 0 Å². The molecule has 0 radical (unpaired) electrons. The monoisotopic (exact) mass is 207 g/mol. The topological polar surface area (TPSA) is 32.3 Å². The van der Waals surface area contributed by atoms with Gasteiger partial charge in [0.05, 0.1) is 6.10 Å².